The van der Waals surface area contributed by atoms with Crippen molar-refractivity contribution in [3.63, 3.8) is 0 Å². The number of aromatic nitrogens is 2. The van der Waals surface area contributed by atoms with Crippen LogP contribution >= 0.6 is 38.9 Å². The number of carbonyl (C=O) groups is 1. The van der Waals surface area contributed by atoms with Crippen molar-refractivity contribution in [3.05, 3.63) is 70.3 Å². The first-order valence-corrected chi connectivity index (χ1v) is 12.1. The molecule has 6 nitrogen and oxygen atoms in total. The first kappa shape index (κ1) is 22.6. The van der Waals surface area contributed by atoms with Gasteiger partial charge in [-0.1, -0.05) is 51.8 Å². The van der Waals surface area contributed by atoms with Gasteiger partial charge in [0, 0.05) is 17.0 Å². The van der Waals surface area contributed by atoms with E-state index in [1.54, 1.807) is 6.33 Å². The number of thiophene rings is 1. The summed E-state index contributed by atoms with van der Waals surface area (Å²) >= 11 is 11.2. The van der Waals surface area contributed by atoms with E-state index in [1.165, 1.54) is 18.4 Å². The van der Waals surface area contributed by atoms with Crippen molar-refractivity contribution < 1.29 is 19.0 Å². The number of alkyl halides is 1. The first-order valence-electron chi connectivity index (χ1n) is 9.82. The fourth-order valence-corrected chi connectivity index (χ4v) is 4.78. The molecule has 32 heavy (non-hydrogen) atoms. The summed E-state index contributed by atoms with van der Waals surface area (Å²) in [5.41, 5.74) is 2.56. The minimum atomic E-state index is -0.464. The Morgan fingerprint density at radius 3 is 2.81 bits per heavy atom. The fourth-order valence-electron chi connectivity index (χ4n) is 3.29. The SMILES string of the molecule is COC(=O)c1sc(-n2cnc3ccccc32)cc1OC(C)c1cccc(OCCBr)c1Cl. The first-order chi connectivity index (χ1) is 15.5. The van der Waals surface area contributed by atoms with E-state index in [9.17, 15) is 4.79 Å². The van der Waals surface area contributed by atoms with Crippen LogP contribution < -0.4 is 9.47 Å². The van der Waals surface area contributed by atoms with Gasteiger partial charge in [-0.2, -0.15) is 0 Å². The van der Waals surface area contributed by atoms with Crippen LogP contribution in [-0.2, 0) is 4.74 Å². The molecule has 166 valence electrons. The van der Waals surface area contributed by atoms with Crippen molar-refractivity contribution in [1.82, 2.24) is 9.55 Å². The predicted octanol–water partition coefficient (Wildman–Crippen LogP) is 6.44. The Balaban J connectivity index is 1.68. The highest BCUT2D eigenvalue weighted by atomic mass is 79.9. The molecular formula is C23H20BrClN2O4S. The van der Waals surface area contributed by atoms with Gasteiger partial charge in [0.2, 0.25) is 0 Å². The second kappa shape index (κ2) is 9.94. The number of para-hydroxylation sites is 2. The number of halogens is 2. The van der Waals surface area contributed by atoms with Gasteiger partial charge < -0.3 is 14.2 Å². The van der Waals surface area contributed by atoms with Crippen LogP contribution in [0.1, 0.15) is 28.3 Å². The lowest BCUT2D eigenvalue weighted by Gasteiger charge is -2.18. The van der Waals surface area contributed by atoms with E-state index in [4.69, 9.17) is 25.8 Å². The molecule has 1 atom stereocenters. The summed E-state index contributed by atoms with van der Waals surface area (Å²) in [5.74, 6) is 0.543. The van der Waals surface area contributed by atoms with Crippen LogP contribution in [0.5, 0.6) is 11.5 Å². The highest BCUT2D eigenvalue weighted by Crippen LogP contribution is 2.39. The van der Waals surface area contributed by atoms with Crippen molar-refractivity contribution in [2.45, 2.75) is 13.0 Å². The van der Waals surface area contributed by atoms with Crippen LogP contribution in [0.2, 0.25) is 5.02 Å². The summed E-state index contributed by atoms with van der Waals surface area (Å²) in [5, 5.41) is 1.97. The zero-order valence-corrected chi connectivity index (χ0v) is 20.5. The molecular weight excluding hydrogens is 516 g/mol. The summed E-state index contributed by atoms with van der Waals surface area (Å²) in [6.07, 6.45) is 1.30. The summed E-state index contributed by atoms with van der Waals surface area (Å²) in [7, 11) is 1.35. The Kier molecular flexibility index (Phi) is 7.03. The standard InChI is InChI=1S/C23H20BrClN2O4S/c1-14(15-6-5-9-18(21(15)25)30-11-10-24)31-19-12-20(32-22(19)23(28)29-2)27-13-26-16-7-3-4-8-17(16)27/h3-9,12-14H,10-11H2,1-2H3. The topological polar surface area (TPSA) is 62.6 Å². The van der Waals surface area contributed by atoms with E-state index in [0.717, 1.165) is 21.6 Å². The molecule has 2 heterocycles. The Morgan fingerprint density at radius 2 is 2.03 bits per heavy atom. The molecule has 2 aromatic carbocycles. The molecule has 0 aliphatic heterocycles. The van der Waals surface area contributed by atoms with Gasteiger partial charge >= 0.3 is 5.97 Å². The van der Waals surface area contributed by atoms with Crippen LogP contribution in [0.25, 0.3) is 16.0 Å². The number of benzene rings is 2. The number of carbonyl (C=O) groups excluding carboxylic acids is 1. The van der Waals surface area contributed by atoms with Crippen LogP contribution in [0.15, 0.2) is 54.9 Å². The molecule has 0 saturated heterocycles. The number of esters is 1. The Labute approximate surface area is 202 Å². The molecule has 0 spiro atoms. The van der Waals surface area contributed by atoms with E-state index < -0.39 is 12.1 Å². The zero-order valence-electron chi connectivity index (χ0n) is 17.4. The summed E-state index contributed by atoms with van der Waals surface area (Å²) in [4.78, 5) is 17.3. The number of fused-ring (bicyclic) bond motifs is 1. The van der Waals surface area contributed by atoms with Crippen molar-refractivity contribution in [3.8, 4) is 16.5 Å². The van der Waals surface area contributed by atoms with Crippen LogP contribution in [-0.4, -0.2) is 34.6 Å². The zero-order chi connectivity index (χ0) is 22.7. The summed E-state index contributed by atoms with van der Waals surface area (Å²) < 4.78 is 18.8. The number of imidazole rings is 1. The van der Waals surface area contributed by atoms with E-state index in [2.05, 4.69) is 20.9 Å². The normalized spacial score (nSPS) is 12.0. The number of hydrogen-bond acceptors (Lipinski definition) is 6. The van der Waals surface area contributed by atoms with E-state index in [0.29, 0.717) is 33.3 Å². The molecule has 0 N–H and O–H groups in total. The average Bonchev–Trinajstić information content (AvgIpc) is 3.42. The molecule has 9 heteroatoms. The van der Waals surface area contributed by atoms with Gasteiger partial charge in [-0.15, -0.1) is 11.3 Å². The smallest absolute Gasteiger partial charge is 0.351 e. The molecule has 4 aromatic rings. The quantitative estimate of drug-likeness (QED) is 0.192. The molecule has 1 unspecified atom stereocenters. The number of methoxy groups -OCH3 is 1. The van der Waals surface area contributed by atoms with E-state index >= 15 is 0 Å². The number of nitrogens with zero attached hydrogens (tertiary/aromatic N) is 2. The number of rotatable bonds is 8. The monoisotopic (exact) mass is 534 g/mol. The van der Waals surface area contributed by atoms with Gasteiger partial charge in [-0.05, 0) is 25.1 Å². The second-order valence-electron chi connectivity index (χ2n) is 6.83. The highest BCUT2D eigenvalue weighted by molar-refractivity contribution is 9.09. The Morgan fingerprint density at radius 1 is 1.22 bits per heavy atom. The maximum atomic E-state index is 12.5. The molecule has 0 bridgehead atoms. The predicted molar refractivity (Wildman–Crippen MR) is 130 cm³/mol. The van der Waals surface area contributed by atoms with Crippen molar-refractivity contribution in [2.24, 2.45) is 0 Å². The maximum absolute atomic E-state index is 12.5. The van der Waals surface area contributed by atoms with Crippen molar-refractivity contribution >= 4 is 55.9 Å². The molecule has 0 amide bonds. The molecule has 2 aromatic heterocycles. The van der Waals surface area contributed by atoms with Crippen molar-refractivity contribution in [1.29, 1.82) is 0 Å². The van der Waals surface area contributed by atoms with Crippen LogP contribution in [0, 0.1) is 0 Å². The lowest BCUT2D eigenvalue weighted by molar-refractivity contribution is 0.0600. The number of hydrogen-bond donors (Lipinski definition) is 0. The summed E-state index contributed by atoms with van der Waals surface area (Å²) in [6.45, 7) is 2.37. The van der Waals surface area contributed by atoms with Crippen LogP contribution in [0.3, 0.4) is 0 Å². The molecule has 0 saturated carbocycles. The number of ether oxygens (including phenoxy) is 3. The van der Waals surface area contributed by atoms with Gasteiger partial charge in [-0.3, -0.25) is 4.57 Å². The van der Waals surface area contributed by atoms with Crippen LogP contribution in [0.4, 0.5) is 0 Å². The Hall–Kier alpha value is -2.55. The van der Waals surface area contributed by atoms with Gasteiger partial charge in [0.25, 0.3) is 0 Å². The highest BCUT2D eigenvalue weighted by Gasteiger charge is 2.23. The minimum Gasteiger partial charge on any atom is -0.491 e. The lowest BCUT2D eigenvalue weighted by atomic mass is 10.1. The van der Waals surface area contributed by atoms with E-state index in [1.807, 2.05) is 60.0 Å². The van der Waals surface area contributed by atoms with Gasteiger partial charge in [0.05, 0.1) is 29.8 Å². The third kappa shape index (κ3) is 4.48. The van der Waals surface area contributed by atoms with Gasteiger partial charge in [0.1, 0.15) is 28.9 Å². The summed E-state index contributed by atoms with van der Waals surface area (Å²) in [6, 6.07) is 15.2. The fraction of sp³-hybridized carbons (Fsp3) is 0.217. The lowest BCUT2D eigenvalue weighted by Crippen LogP contribution is -2.08. The molecule has 4 rings (SSSR count). The maximum Gasteiger partial charge on any atom is 0.351 e. The largest absolute Gasteiger partial charge is 0.491 e. The van der Waals surface area contributed by atoms with Gasteiger partial charge in [-0.25, -0.2) is 9.78 Å². The Bertz CT molecular complexity index is 1260. The van der Waals surface area contributed by atoms with E-state index in [-0.39, 0.29) is 0 Å². The van der Waals surface area contributed by atoms with Gasteiger partial charge in [0.15, 0.2) is 4.88 Å². The third-order valence-electron chi connectivity index (χ3n) is 4.82. The average molecular weight is 536 g/mol. The minimum absolute atomic E-state index is 0.370. The molecule has 0 aliphatic rings. The van der Waals surface area contributed by atoms with Crippen molar-refractivity contribution in [2.75, 3.05) is 19.0 Å². The third-order valence-corrected chi connectivity index (χ3v) is 6.64. The second-order valence-corrected chi connectivity index (χ2v) is 9.03. The molecule has 0 radical (unpaired) electrons. The molecule has 0 fully saturated rings. The molecule has 0 aliphatic carbocycles.